The topological polar surface area (TPSA) is 29.3 Å². The zero-order valence-electron chi connectivity index (χ0n) is 7.95. The van der Waals surface area contributed by atoms with E-state index in [0.29, 0.717) is 15.7 Å². The molecule has 2 rings (SSSR count). The molecule has 0 saturated carbocycles. The molecule has 2 N–H and O–H groups in total. The number of allylic oxidation sites excluding steroid dienone is 2. The number of benzene rings is 1. The van der Waals surface area contributed by atoms with Crippen molar-refractivity contribution in [1.82, 2.24) is 0 Å². The maximum absolute atomic E-state index is 6.10. The highest BCUT2D eigenvalue weighted by Crippen LogP contribution is 2.36. The molecule has 15 heavy (non-hydrogen) atoms. The van der Waals surface area contributed by atoms with E-state index in [0.717, 1.165) is 12.2 Å². The number of nitrogens with zero attached hydrogens (tertiary/aromatic N) is 1. The molecule has 0 bridgehead atoms. The summed E-state index contributed by atoms with van der Waals surface area (Å²) in [6.07, 6.45) is 7.88. The van der Waals surface area contributed by atoms with E-state index in [1.54, 1.807) is 12.1 Å². The van der Waals surface area contributed by atoms with Crippen LogP contribution in [0.4, 0.5) is 11.4 Å². The lowest BCUT2D eigenvalue weighted by molar-refractivity contribution is 1.07. The highest BCUT2D eigenvalue weighted by atomic mass is 35.5. The SMILES string of the molecule is Nc1cc(Cl)c(N2C=CC=CC2)c(Cl)c1. The second kappa shape index (κ2) is 4.17. The second-order valence-electron chi connectivity index (χ2n) is 3.26. The van der Waals surface area contributed by atoms with Gasteiger partial charge in [-0.25, -0.2) is 0 Å². The summed E-state index contributed by atoms with van der Waals surface area (Å²) >= 11 is 12.2. The first kappa shape index (κ1) is 10.4. The molecule has 4 heteroatoms. The van der Waals surface area contributed by atoms with E-state index in [1.165, 1.54) is 0 Å². The van der Waals surface area contributed by atoms with Crippen LogP contribution < -0.4 is 10.6 Å². The van der Waals surface area contributed by atoms with E-state index < -0.39 is 0 Å². The van der Waals surface area contributed by atoms with Crippen molar-refractivity contribution in [3.8, 4) is 0 Å². The summed E-state index contributed by atoms with van der Waals surface area (Å²) in [7, 11) is 0. The van der Waals surface area contributed by atoms with Crippen molar-refractivity contribution in [3.63, 3.8) is 0 Å². The Morgan fingerprint density at radius 1 is 1.13 bits per heavy atom. The molecule has 0 amide bonds. The maximum Gasteiger partial charge on any atom is 0.0789 e. The normalized spacial score (nSPS) is 14.7. The average molecular weight is 241 g/mol. The molecular weight excluding hydrogens is 231 g/mol. The van der Waals surface area contributed by atoms with Crippen molar-refractivity contribution >= 4 is 34.6 Å². The lowest BCUT2D eigenvalue weighted by Gasteiger charge is -2.23. The Balaban J connectivity index is 2.43. The minimum absolute atomic E-state index is 0.569. The Labute approximate surface area is 98.6 Å². The zero-order valence-corrected chi connectivity index (χ0v) is 9.46. The van der Waals surface area contributed by atoms with Gasteiger partial charge in [0.1, 0.15) is 0 Å². The van der Waals surface area contributed by atoms with E-state index in [2.05, 4.69) is 0 Å². The van der Waals surface area contributed by atoms with E-state index >= 15 is 0 Å². The fraction of sp³-hybridized carbons (Fsp3) is 0.0909. The van der Waals surface area contributed by atoms with Crippen LogP contribution in [0.2, 0.25) is 10.0 Å². The molecule has 1 aromatic carbocycles. The molecule has 0 radical (unpaired) electrons. The van der Waals surface area contributed by atoms with E-state index in [9.17, 15) is 0 Å². The Hall–Kier alpha value is -1.12. The third-order valence-electron chi connectivity index (χ3n) is 2.14. The minimum Gasteiger partial charge on any atom is -0.399 e. The summed E-state index contributed by atoms with van der Waals surface area (Å²) in [6.45, 7) is 0.764. The van der Waals surface area contributed by atoms with Crippen molar-refractivity contribution < 1.29 is 0 Å². The fourth-order valence-electron chi connectivity index (χ4n) is 1.49. The lowest BCUT2D eigenvalue weighted by atomic mass is 10.2. The van der Waals surface area contributed by atoms with Gasteiger partial charge >= 0.3 is 0 Å². The van der Waals surface area contributed by atoms with Gasteiger partial charge in [-0.3, -0.25) is 0 Å². The van der Waals surface area contributed by atoms with Crippen molar-refractivity contribution in [2.24, 2.45) is 0 Å². The molecular formula is C11H10Cl2N2. The molecule has 1 heterocycles. The molecule has 0 aliphatic carbocycles. The second-order valence-corrected chi connectivity index (χ2v) is 4.07. The van der Waals surface area contributed by atoms with Gasteiger partial charge in [0.25, 0.3) is 0 Å². The summed E-state index contributed by atoms with van der Waals surface area (Å²) in [5.74, 6) is 0. The van der Waals surface area contributed by atoms with Gasteiger partial charge in [-0.2, -0.15) is 0 Å². The van der Waals surface area contributed by atoms with Crippen LogP contribution in [0, 0.1) is 0 Å². The van der Waals surface area contributed by atoms with Crippen LogP contribution in [0.1, 0.15) is 0 Å². The van der Waals surface area contributed by atoms with E-state index in [-0.39, 0.29) is 0 Å². The van der Waals surface area contributed by atoms with Gasteiger partial charge in [0.2, 0.25) is 0 Å². The molecule has 0 aromatic heterocycles. The number of hydrogen-bond donors (Lipinski definition) is 1. The highest BCUT2D eigenvalue weighted by molar-refractivity contribution is 6.39. The van der Waals surface area contributed by atoms with Crippen LogP contribution in [0.15, 0.2) is 36.6 Å². The fourth-order valence-corrected chi connectivity index (χ4v) is 2.21. The highest BCUT2D eigenvalue weighted by Gasteiger charge is 2.13. The van der Waals surface area contributed by atoms with Crippen molar-refractivity contribution in [1.29, 1.82) is 0 Å². The third kappa shape index (κ3) is 2.11. The number of hydrogen-bond acceptors (Lipinski definition) is 2. The number of rotatable bonds is 1. The van der Waals surface area contributed by atoms with Gasteiger partial charge in [0.05, 0.1) is 15.7 Å². The average Bonchev–Trinajstić information content (AvgIpc) is 2.17. The van der Waals surface area contributed by atoms with Crippen LogP contribution in [0.3, 0.4) is 0 Å². The smallest absolute Gasteiger partial charge is 0.0789 e. The van der Waals surface area contributed by atoms with Crippen molar-refractivity contribution in [2.75, 3.05) is 17.2 Å². The molecule has 1 aliphatic rings. The monoisotopic (exact) mass is 240 g/mol. The Morgan fingerprint density at radius 2 is 1.80 bits per heavy atom. The quantitative estimate of drug-likeness (QED) is 0.763. The van der Waals surface area contributed by atoms with Gasteiger partial charge in [-0.05, 0) is 18.2 Å². The Bertz CT molecular complexity index is 415. The Morgan fingerprint density at radius 3 is 2.33 bits per heavy atom. The summed E-state index contributed by atoms with van der Waals surface area (Å²) < 4.78 is 0. The predicted molar refractivity (Wildman–Crippen MR) is 66.5 cm³/mol. The largest absolute Gasteiger partial charge is 0.399 e. The maximum atomic E-state index is 6.10. The first-order chi connectivity index (χ1) is 7.18. The van der Waals surface area contributed by atoms with Crippen LogP contribution in [-0.4, -0.2) is 6.54 Å². The van der Waals surface area contributed by atoms with E-state index in [4.69, 9.17) is 28.9 Å². The Kier molecular flexibility index (Phi) is 2.89. The van der Waals surface area contributed by atoms with Gasteiger partial charge in [0, 0.05) is 18.4 Å². The van der Waals surface area contributed by atoms with Crippen LogP contribution in [0.25, 0.3) is 0 Å². The van der Waals surface area contributed by atoms with Crippen LogP contribution >= 0.6 is 23.2 Å². The number of nitrogens with two attached hydrogens (primary N) is 1. The van der Waals surface area contributed by atoms with Crippen LogP contribution in [0.5, 0.6) is 0 Å². The first-order valence-electron chi connectivity index (χ1n) is 4.53. The van der Waals surface area contributed by atoms with E-state index in [1.807, 2.05) is 29.3 Å². The lowest BCUT2D eigenvalue weighted by Crippen LogP contribution is -2.18. The molecule has 1 aliphatic heterocycles. The number of nitrogen functional groups attached to an aromatic ring is 1. The summed E-state index contributed by atoms with van der Waals surface area (Å²) in [4.78, 5) is 1.98. The molecule has 0 spiro atoms. The molecule has 0 fully saturated rings. The summed E-state index contributed by atoms with van der Waals surface area (Å²) in [5.41, 5.74) is 7.01. The summed E-state index contributed by atoms with van der Waals surface area (Å²) in [6, 6.07) is 3.41. The molecule has 0 unspecified atom stereocenters. The van der Waals surface area contributed by atoms with Gasteiger partial charge < -0.3 is 10.6 Å². The van der Waals surface area contributed by atoms with Crippen molar-refractivity contribution in [2.45, 2.75) is 0 Å². The minimum atomic E-state index is 0.569. The molecule has 0 saturated heterocycles. The van der Waals surface area contributed by atoms with Gasteiger partial charge in [-0.15, -0.1) is 0 Å². The molecule has 1 aromatic rings. The number of halogens is 2. The third-order valence-corrected chi connectivity index (χ3v) is 2.72. The zero-order chi connectivity index (χ0) is 10.8. The van der Waals surface area contributed by atoms with Crippen LogP contribution in [-0.2, 0) is 0 Å². The van der Waals surface area contributed by atoms with Gasteiger partial charge in [-0.1, -0.05) is 35.4 Å². The molecule has 2 nitrogen and oxygen atoms in total. The number of anilines is 2. The van der Waals surface area contributed by atoms with Crippen molar-refractivity contribution in [3.05, 3.63) is 46.6 Å². The van der Waals surface area contributed by atoms with Gasteiger partial charge in [0.15, 0.2) is 0 Å². The standard InChI is InChI=1S/C11H10Cl2N2/c12-9-6-8(14)7-10(13)11(9)15-4-2-1-3-5-15/h1-4,6-7H,5,14H2. The molecule has 0 atom stereocenters. The first-order valence-corrected chi connectivity index (χ1v) is 5.28. The summed E-state index contributed by atoms with van der Waals surface area (Å²) in [5, 5.41) is 1.14. The predicted octanol–water partition coefficient (Wildman–Crippen LogP) is 3.47. The molecule has 78 valence electrons.